The van der Waals surface area contributed by atoms with E-state index in [-0.39, 0.29) is 6.04 Å². The monoisotopic (exact) mass is 620 g/mol. The number of benzene rings is 4. The molecule has 0 spiro atoms. The molecular weight excluding hydrogens is 584 g/mol. The van der Waals surface area contributed by atoms with Crippen molar-refractivity contribution in [1.82, 2.24) is 0 Å². The zero-order valence-corrected chi connectivity index (χ0v) is 26.2. The molecule has 4 nitrogen and oxygen atoms in total. The van der Waals surface area contributed by atoms with Crippen LogP contribution in [0.5, 0.6) is 11.5 Å². The van der Waals surface area contributed by atoms with E-state index in [4.69, 9.17) is 14.5 Å². The number of aliphatic imine (C=N–C) groups is 1. The highest BCUT2D eigenvalue weighted by Crippen LogP contribution is 2.50. The van der Waals surface area contributed by atoms with Gasteiger partial charge in [0.2, 0.25) is 0 Å². The van der Waals surface area contributed by atoms with Gasteiger partial charge in [-0.1, -0.05) is 71.3 Å². The Kier molecular flexibility index (Phi) is 8.21. The summed E-state index contributed by atoms with van der Waals surface area (Å²) in [4.78, 5) is 4.78. The Morgan fingerprint density at radius 3 is 2.45 bits per heavy atom. The summed E-state index contributed by atoms with van der Waals surface area (Å²) >= 11 is 3.71. The summed E-state index contributed by atoms with van der Waals surface area (Å²) in [5.74, 6) is 2.40. The van der Waals surface area contributed by atoms with Gasteiger partial charge in [0, 0.05) is 17.8 Å². The van der Waals surface area contributed by atoms with Gasteiger partial charge in [-0.15, -0.1) is 0 Å². The fraction of sp³-hybridized carbons (Fsp3) is 0.270. The summed E-state index contributed by atoms with van der Waals surface area (Å²) in [6, 6.07) is 26.2. The van der Waals surface area contributed by atoms with Crippen molar-refractivity contribution in [2.75, 3.05) is 11.9 Å². The smallest absolute Gasteiger partial charge is 0.175 e. The normalized spacial score (nSPS) is 18.9. The molecule has 6 rings (SSSR count). The predicted octanol–water partition coefficient (Wildman–Crippen LogP) is 9.93. The molecule has 4 aromatic carbocycles. The number of allylic oxidation sites excluding steroid dienone is 2. The molecule has 4 aromatic rings. The number of halogens is 1. The molecule has 1 heterocycles. The van der Waals surface area contributed by atoms with Crippen LogP contribution >= 0.6 is 15.9 Å². The van der Waals surface area contributed by atoms with Crippen LogP contribution in [0.3, 0.4) is 0 Å². The summed E-state index contributed by atoms with van der Waals surface area (Å²) in [7, 11) is 0. The zero-order chi connectivity index (χ0) is 29.2. The summed E-state index contributed by atoms with van der Waals surface area (Å²) in [5, 5.41) is 3.84. The molecule has 2 aliphatic rings. The van der Waals surface area contributed by atoms with E-state index in [9.17, 15) is 0 Å². The highest BCUT2D eigenvalue weighted by atomic mass is 79.9. The van der Waals surface area contributed by atoms with Gasteiger partial charge in [-0.05, 0) is 109 Å². The van der Waals surface area contributed by atoms with Crippen LogP contribution in [0.2, 0.25) is 0 Å². The number of hydrogen-bond donors (Lipinski definition) is 1. The molecule has 1 N–H and O–H groups in total. The summed E-state index contributed by atoms with van der Waals surface area (Å²) < 4.78 is 13.0. The summed E-state index contributed by atoms with van der Waals surface area (Å²) in [6.07, 6.45) is 7.71. The molecular formula is C37H37BrN2O2. The fourth-order valence-corrected chi connectivity index (χ4v) is 6.91. The highest BCUT2D eigenvalue weighted by molar-refractivity contribution is 9.10. The minimum atomic E-state index is 0.277. The second-order valence-electron chi connectivity index (χ2n) is 11.5. The van der Waals surface area contributed by atoms with Crippen molar-refractivity contribution in [3.8, 4) is 11.5 Å². The van der Waals surface area contributed by atoms with Crippen molar-refractivity contribution in [2.45, 2.75) is 52.7 Å². The van der Waals surface area contributed by atoms with Gasteiger partial charge in [0.1, 0.15) is 6.61 Å². The molecule has 5 heteroatoms. The molecule has 0 saturated carbocycles. The average Bonchev–Trinajstić information content (AvgIpc) is 3.46. The van der Waals surface area contributed by atoms with Crippen LogP contribution in [0.25, 0.3) is 0 Å². The number of nitrogens with one attached hydrogen (secondary N) is 1. The average molecular weight is 622 g/mol. The van der Waals surface area contributed by atoms with Crippen molar-refractivity contribution < 1.29 is 9.47 Å². The van der Waals surface area contributed by atoms with Gasteiger partial charge in [0.15, 0.2) is 11.5 Å². The third-order valence-electron chi connectivity index (χ3n) is 8.13. The number of hydrogen-bond acceptors (Lipinski definition) is 4. The maximum Gasteiger partial charge on any atom is 0.175 e. The largest absolute Gasteiger partial charge is 0.490 e. The number of aryl methyl sites for hydroxylation is 3. The van der Waals surface area contributed by atoms with Crippen molar-refractivity contribution in [1.29, 1.82) is 0 Å². The van der Waals surface area contributed by atoms with E-state index in [0.717, 1.165) is 27.7 Å². The first kappa shape index (κ1) is 28.3. The SMILES string of the molecule is CCOc1cc(C=Nc2ccc([C@@H]3Nc4ccc(C)cc4[C@@H]4C=CC[C@H]43)cc2)cc(Br)c1OCc1cc(C)cc(C)c1. The molecule has 0 saturated heterocycles. The minimum Gasteiger partial charge on any atom is -0.490 e. The number of anilines is 1. The molecule has 0 aromatic heterocycles. The summed E-state index contributed by atoms with van der Waals surface area (Å²) in [6.45, 7) is 9.38. The van der Waals surface area contributed by atoms with Crippen LogP contribution in [0.4, 0.5) is 11.4 Å². The van der Waals surface area contributed by atoms with Crippen LogP contribution in [0.1, 0.15) is 64.2 Å². The first-order chi connectivity index (χ1) is 20.4. The van der Waals surface area contributed by atoms with E-state index in [0.29, 0.717) is 36.5 Å². The lowest BCUT2D eigenvalue weighted by molar-refractivity contribution is 0.267. The van der Waals surface area contributed by atoms with E-state index in [1.807, 2.05) is 25.3 Å². The Morgan fingerprint density at radius 2 is 1.69 bits per heavy atom. The Hall–Kier alpha value is -3.83. The van der Waals surface area contributed by atoms with E-state index in [2.05, 4.69) is 115 Å². The fourth-order valence-electron chi connectivity index (χ4n) is 6.33. The minimum absolute atomic E-state index is 0.277. The van der Waals surface area contributed by atoms with Crippen molar-refractivity contribution >= 4 is 33.5 Å². The lowest BCUT2D eigenvalue weighted by atomic mass is 9.76. The second-order valence-corrected chi connectivity index (χ2v) is 12.3. The van der Waals surface area contributed by atoms with Gasteiger partial charge < -0.3 is 14.8 Å². The van der Waals surface area contributed by atoms with E-state index in [1.165, 1.54) is 33.5 Å². The van der Waals surface area contributed by atoms with E-state index < -0.39 is 0 Å². The maximum absolute atomic E-state index is 6.24. The van der Waals surface area contributed by atoms with Gasteiger partial charge in [-0.2, -0.15) is 0 Å². The number of ether oxygens (including phenoxy) is 2. The van der Waals surface area contributed by atoms with Crippen LogP contribution in [-0.2, 0) is 6.61 Å². The third kappa shape index (κ3) is 6.03. The number of fused-ring (bicyclic) bond motifs is 3. The van der Waals surface area contributed by atoms with Gasteiger partial charge >= 0.3 is 0 Å². The van der Waals surface area contributed by atoms with Crippen molar-refractivity contribution in [3.05, 3.63) is 128 Å². The standard InChI is InChI=1S/C37H37BrN2O2/c1-5-41-35-20-26(19-33(38)37(35)42-22-27-16-24(3)15-25(4)17-27)21-39-29-12-10-28(11-13-29)36-31-8-6-7-30(31)32-18-23(2)9-14-34(32)40-36/h6-7,9-21,30-31,36,40H,5,8,22H2,1-4H3/t30-,31-,36+/m1/s1. The first-order valence-corrected chi connectivity index (χ1v) is 15.5. The van der Waals surface area contributed by atoms with Crippen LogP contribution in [-0.4, -0.2) is 12.8 Å². The van der Waals surface area contributed by atoms with Crippen LogP contribution in [0, 0.1) is 26.7 Å². The van der Waals surface area contributed by atoms with Gasteiger partial charge in [-0.25, -0.2) is 0 Å². The lowest BCUT2D eigenvalue weighted by Crippen LogP contribution is -2.29. The summed E-state index contributed by atoms with van der Waals surface area (Å²) in [5.41, 5.74) is 10.7. The van der Waals surface area contributed by atoms with Crippen LogP contribution < -0.4 is 14.8 Å². The predicted molar refractivity (Wildman–Crippen MR) is 177 cm³/mol. The van der Waals surface area contributed by atoms with Gasteiger partial charge in [0.05, 0.1) is 22.8 Å². The molecule has 0 amide bonds. The lowest BCUT2D eigenvalue weighted by Gasteiger charge is -2.37. The Bertz CT molecular complexity index is 1640. The molecule has 42 heavy (non-hydrogen) atoms. The zero-order valence-electron chi connectivity index (χ0n) is 24.7. The van der Waals surface area contributed by atoms with E-state index in [1.54, 1.807) is 0 Å². The molecule has 1 aliphatic heterocycles. The van der Waals surface area contributed by atoms with Crippen molar-refractivity contribution in [2.24, 2.45) is 10.9 Å². The quantitative estimate of drug-likeness (QED) is 0.157. The van der Waals surface area contributed by atoms with Gasteiger partial charge in [-0.3, -0.25) is 4.99 Å². The maximum atomic E-state index is 6.24. The first-order valence-electron chi connectivity index (χ1n) is 14.7. The number of rotatable bonds is 8. The molecule has 3 atom stereocenters. The second kappa shape index (κ2) is 12.2. The molecule has 0 radical (unpaired) electrons. The van der Waals surface area contributed by atoms with Crippen LogP contribution in [0.15, 0.2) is 94.4 Å². The molecule has 0 bridgehead atoms. The Labute approximate surface area is 257 Å². The van der Waals surface area contributed by atoms with E-state index >= 15 is 0 Å². The Morgan fingerprint density at radius 1 is 0.905 bits per heavy atom. The van der Waals surface area contributed by atoms with Gasteiger partial charge in [0.25, 0.3) is 0 Å². The highest BCUT2D eigenvalue weighted by Gasteiger charge is 2.37. The molecule has 214 valence electrons. The third-order valence-corrected chi connectivity index (χ3v) is 8.72. The number of nitrogens with zero attached hydrogens (tertiary/aromatic N) is 1. The topological polar surface area (TPSA) is 42.8 Å². The molecule has 0 unspecified atom stereocenters. The molecule has 1 aliphatic carbocycles. The molecule has 0 fully saturated rings. The Balaban J connectivity index is 1.18. The van der Waals surface area contributed by atoms with Crippen molar-refractivity contribution in [3.63, 3.8) is 0 Å².